The van der Waals surface area contributed by atoms with Gasteiger partial charge < -0.3 is 18.7 Å². The van der Waals surface area contributed by atoms with Gasteiger partial charge in [-0.15, -0.1) is 11.3 Å². The Labute approximate surface area is 204 Å². The molecule has 4 aromatic rings. The Bertz CT molecular complexity index is 1440. The molecule has 0 saturated heterocycles. The summed E-state index contributed by atoms with van der Waals surface area (Å²) in [5, 5.41) is 4.64. The van der Waals surface area contributed by atoms with Gasteiger partial charge in [-0.05, 0) is 43.4 Å². The topological polar surface area (TPSA) is 119 Å². The number of methoxy groups -OCH3 is 2. The zero-order valence-corrected chi connectivity index (χ0v) is 20.2. The molecule has 11 heteroatoms. The second-order valence-electron chi connectivity index (χ2n) is 8.12. The molecule has 0 aliphatic heterocycles. The van der Waals surface area contributed by atoms with Crippen LogP contribution in [-0.4, -0.2) is 39.9 Å². The van der Waals surface area contributed by atoms with Crippen molar-refractivity contribution in [3.05, 3.63) is 51.2 Å². The molecule has 0 fully saturated rings. The molecule has 0 atom stereocenters. The number of hydrogen-bond acceptors (Lipinski definition) is 10. The van der Waals surface area contributed by atoms with E-state index in [1.165, 1.54) is 22.9 Å². The predicted octanol–water partition coefficient (Wildman–Crippen LogP) is 3.54. The first-order chi connectivity index (χ1) is 17.1. The summed E-state index contributed by atoms with van der Waals surface area (Å²) >= 11 is 1.60. The quantitative estimate of drug-likeness (QED) is 0.337. The van der Waals surface area contributed by atoms with E-state index in [0.29, 0.717) is 28.3 Å². The van der Waals surface area contributed by atoms with Crippen LogP contribution in [0.25, 0.3) is 21.6 Å². The predicted molar refractivity (Wildman–Crippen MR) is 128 cm³/mol. The Morgan fingerprint density at radius 2 is 2.06 bits per heavy atom. The lowest BCUT2D eigenvalue weighted by molar-refractivity contribution is -0.146. The zero-order chi connectivity index (χ0) is 24.4. The molecule has 3 heterocycles. The maximum Gasteiger partial charge on any atom is 0.308 e. The number of nitrogens with zero attached hydrogens (tertiary/aromatic N) is 4. The minimum absolute atomic E-state index is 0.0206. The summed E-state index contributed by atoms with van der Waals surface area (Å²) in [5.74, 6) is 1.13. The van der Waals surface area contributed by atoms with Crippen molar-refractivity contribution in [2.24, 2.45) is 0 Å². The second-order valence-corrected chi connectivity index (χ2v) is 9.21. The number of hydrogen-bond donors (Lipinski definition) is 0. The summed E-state index contributed by atoms with van der Waals surface area (Å²) in [7, 11) is 3.10. The third-order valence-electron chi connectivity index (χ3n) is 5.97. The number of ether oxygens (including phenoxy) is 3. The highest BCUT2D eigenvalue weighted by Crippen LogP contribution is 2.33. The van der Waals surface area contributed by atoms with Crippen LogP contribution in [0.4, 0.5) is 0 Å². The molecule has 1 aliphatic rings. The van der Waals surface area contributed by atoms with Crippen LogP contribution in [0.1, 0.15) is 35.6 Å². The Morgan fingerprint density at radius 1 is 1.20 bits per heavy atom. The lowest BCUT2D eigenvalue weighted by Crippen LogP contribution is -2.23. The van der Waals surface area contributed by atoms with Gasteiger partial charge in [0.25, 0.3) is 11.4 Å². The van der Waals surface area contributed by atoms with Crippen molar-refractivity contribution in [2.45, 2.75) is 45.3 Å². The summed E-state index contributed by atoms with van der Waals surface area (Å²) in [4.78, 5) is 36.1. The van der Waals surface area contributed by atoms with Crippen LogP contribution in [-0.2, 0) is 35.5 Å². The van der Waals surface area contributed by atoms with Gasteiger partial charge in [-0.3, -0.25) is 14.2 Å². The molecule has 10 nitrogen and oxygen atoms in total. The maximum atomic E-state index is 13.0. The van der Waals surface area contributed by atoms with E-state index in [4.69, 9.17) is 18.7 Å². The van der Waals surface area contributed by atoms with Gasteiger partial charge in [-0.25, -0.2) is 4.98 Å². The standard InChI is InChI=1S/C24H24N4O6S/c1-31-14-7-8-15(17(11-14)32-2)22-26-19(34-27-22)12-33-20(29)9-10-28-13-25-23-21(24(28)30)16-5-3-4-6-18(16)35-23/h7-8,11,13H,3-6,9-10,12H2,1-2H3. The van der Waals surface area contributed by atoms with Gasteiger partial charge in [0.2, 0.25) is 5.82 Å². The molecule has 35 heavy (non-hydrogen) atoms. The third kappa shape index (κ3) is 4.63. The van der Waals surface area contributed by atoms with Gasteiger partial charge in [-0.1, -0.05) is 5.16 Å². The number of esters is 1. The minimum atomic E-state index is -0.480. The molecular weight excluding hydrogens is 472 g/mol. The normalized spacial score (nSPS) is 13.0. The molecule has 0 saturated carbocycles. The Kier molecular flexibility index (Phi) is 6.49. The van der Waals surface area contributed by atoms with Gasteiger partial charge in [0.1, 0.15) is 16.3 Å². The lowest BCUT2D eigenvalue weighted by atomic mass is 9.97. The van der Waals surface area contributed by atoms with Crippen LogP contribution in [0.5, 0.6) is 11.5 Å². The van der Waals surface area contributed by atoms with Crippen LogP contribution < -0.4 is 15.0 Å². The fourth-order valence-electron chi connectivity index (χ4n) is 4.17. The van der Waals surface area contributed by atoms with E-state index in [0.717, 1.165) is 36.1 Å². The number of carbonyl (C=O) groups excluding carboxylic acids is 1. The smallest absolute Gasteiger partial charge is 0.308 e. The third-order valence-corrected chi connectivity index (χ3v) is 7.17. The minimum Gasteiger partial charge on any atom is -0.497 e. The van der Waals surface area contributed by atoms with Crippen molar-refractivity contribution in [1.82, 2.24) is 19.7 Å². The average Bonchev–Trinajstić information content (AvgIpc) is 3.51. The van der Waals surface area contributed by atoms with Crippen molar-refractivity contribution >= 4 is 27.5 Å². The molecule has 5 rings (SSSR count). The van der Waals surface area contributed by atoms with Crippen molar-refractivity contribution in [2.75, 3.05) is 14.2 Å². The van der Waals surface area contributed by atoms with Gasteiger partial charge in [0.15, 0.2) is 6.61 Å². The molecule has 1 aromatic carbocycles. The number of fused-ring (bicyclic) bond motifs is 3. The van der Waals surface area contributed by atoms with E-state index in [-0.39, 0.29) is 31.0 Å². The van der Waals surface area contributed by atoms with Crippen molar-refractivity contribution < 1.29 is 23.5 Å². The number of carbonyl (C=O) groups is 1. The highest BCUT2D eigenvalue weighted by Gasteiger charge is 2.20. The van der Waals surface area contributed by atoms with E-state index < -0.39 is 5.97 Å². The molecule has 0 unspecified atom stereocenters. The first-order valence-corrected chi connectivity index (χ1v) is 12.1. The fraction of sp³-hybridized carbons (Fsp3) is 0.375. The first-order valence-electron chi connectivity index (χ1n) is 11.3. The Hall–Kier alpha value is -3.73. The number of aryl methyl sites for hydroxylation is 3. The van der Waals surface area contributed by atoms with E-state index in [1.807, 2.05) is 0 Å². The number of benzene rings is 1. The summed E-state index contributed by atoms with van der Waals surface area (Å²) < 4.78 is 22.5. The average molecular weight is 497 g/mol. The molecule has 0 bridgehead atoms. The molecular formula is C24H24N4O6S. The molecule has 3 aromatic heterocycles. The molecule has 0 spiro atoms. The molecule has 0 amide bonds. The van der Waals surface area contributed by atoms with Crippen LogP contribution >= 0.6 is 11.3 Å². The van der Waals surface area contributed by atoms with E-state index >= 15 is 0 Å². The highest BCUT2D eigenvalue weighted by molar-refractivity contribution is 7.18. The van der Waals surface area contributed by atoms with E-state index in [9.17, 15) is 9.59 Å². The summed E-state index contributed by atoms with van der Waals surface area (Å²) in [6, 6.07) is 5.23. The number of rotatable bonds is 8. The lowest BCUT2D eigenvalue weighted by Gasteiger charge is -2.10. The summed E-state index contributed by atoms with van der Waals surface area (Å²) in [6.07, 6.45) is 5.67. The number of thiophene rings is 1. The van der Waals surface area contributed by atoms with Crippen molar-refractivity contribution in [1.29, 1.82) is 0 Å². The summed E-state index contributed by atoms with van der Waals surface area (Å²) in [5.41, 5.74) is 1.65. The monoisotopic (exact) mass is 496 g/mol. The van der Waals surface area contributed by atoms with Gasteiger partial charge in [0.05, 0.1) is 37.9 Å². The van der Waals surface area contributed by atoms with Crippen LogP contribution in [0, 0.1) is 0 Å². The second kappa shape index (κ2) is 9.87. The fourth-order valence-corrected chi connectivity index (χ4v) is 5.39. The maximum absolute atomic E-state index is 13.0. The Balaban J connectivity index is 1.21. The highest BCUT2D eigenvalue weighted by atomic mass is 32.1. The van der Waals surface area contributed by atoms with Crippen molar-refractivity contribution in [3.8, 4) is 22.9 Å². The first kappa shape index (κ1) is 23.0. The molecule has 0 radical (unpaired) electrons. The number of aromatic nitrogens is 4. The molecule has 0 N–H and O–H groups in total. The van der Waals surface area contributed by atoms with Crippen LogP contribution in [0.2, 0.25) is 0 Å². The molecule has 182 valence electrons. The largest absolute Gasteiger partial charge is 0.497 e. The van der Waals surface area contributed by atoms with Crippen LogP contribution in [0.15, 0.2) is 33.8 Å². The molecule has 1 aliphatic carbocycles. The van der Waals surface area contributed by atoms with Gasteiger partial charge in [-0.2, -0.15) is 4.98 Å². The van der Waals surface area contributed by atoms with Gasteiger partial charge >= 0.3 is 5.97 Å². The Morgan fingerprint density at radius 3 is 2.89 bits per heavy atom. The summed E-state index contributed by atoms with van der Waals surface area (Å²) in [6.45, 7) is 0.0118. The van der Waals surface area contributed by atoms with E-state index in [2.05, 4.69) is 15.1 Å². The van der Waals surface area contributed by atoms with E-state index in [1.54, 1.807) is 36.6 Å². The van der Waals surface area contributed by atoms with Gasteiger partial charge in [0, 0.05) is 17.5 Å². The van der Waals surface area contributed by atoms with Crippen LogP contribution in [0.3, 0.4) is 0 Å². The zero-order valence-electron chi connectivity index (χ0n) is 19.4. The van der Waals surface area contributed by atoms with Crippen molar-refractivity contribution in [3.63, 3.8) is 0 Å². The SMILES string of the molecule is COc1ccc(-c2noc(COC(=O)CCn3cnc4sc5c(c4c3=O)CCCC5)n2)c(OC)c1.